The lowest BCUT2D eigenvalue weighted by atomic mass is 10.0. The third kappa shape index (κ3) is 3.31. The Morgan fingerprint density at radius 3 is 2.84 bits per heavy atom. The van der Waals surface area contributed by atoms with Crippen LogP contribution >= 0.6 is 0 Å². The Kier molecular flexibility index (Phi) is 4.52. The lowest BCUT2D eigenvalue weighted by Gasteiger charge is -2.33. The molecule has 0 radical (unpaired) electrons. The Morgan fingerprint density at radius 1 is 1.24 bits per heavy atom. The minimum Gasteiger partial charge on any atom is -0.464 e. The van der Waals surface area contributed by atoms with E-state index in [1.165, 1.54) is 5.56 Å². The molecule has 5 heteroatoms. The molecule has 0 N–H and O–H groups in total. The van der Waals surface area contributed by atoms with E-state index in [1.807, 2.05) is 17.9 Å². The fraction of sp³-hybridized carbons (Fsp3) is 0.550. The maximum absolute atomic E-state index is 12.8. The second-order valence-corrected chi connectivity index (χ2v) is 7.43. The molecule has 0 saturated carbocycles. The molecule has 1 aromatic carbocycles. The van der Waals surface area contributed by atoms with Gasteiger partial charge in [0.1, 0.15) is 5.58 Å². The quantitative estimate of drug-likeness (QED) is 0.860. The van der Waals surface area contributed by atoms with Crippen LogP contribution in [0.4, 0.5) is 0 Å². The molecule has 2 unspecified atom stereocenters. The zero-order valence-corrected chi connectivity index (χ0v) is 15.0. The van der Waals surface area contributed by atoms with Crippen molar-refractivity contribution < 1.29 is 13.9 Å². The number of ether oxygens (including phenoxy) is 1. The molecule has 5 nitrogen and oxygen atoms in total. The van der Waals surface area contributed by atoms with E-state index in [0.29, 0.717) is 18.4 Å². The van der Waals surface area contributed by atoms with Crippen LogP contribution in [0.5, 0.6) is 0 Å². The van der Waals surface area contributed by atoms with Gasteiger partial charge in [0, 0.05) is 43.2 Å². The molecule has 0 bridgehead atoms. The van der Waals surface area contributed by atoms with Gasteiger partial charge >= 0.3 is 0 Å². The van der Waals surface area contributed by atoms with E-state index in [2.05, 4.69) is 24.0 Å². The molecular formula is C20H26N2O3. The molecule has 1 aromatic heterocycles. The molecular weight excluding hydrogens is 316 g/mol. The first-order valence-electron chi connectivity index (χ1n) is 9.18. The number of morpholine rings is 1. The Labute approximate surface area is 148 Å². The molecule has 2 saturated heterocycles. The molecule has 2 aromatic rings. The minimum atomic E-state index is 0.200. The van der Waals surface area contributed by atoms with Crippen molar-refractivity contribution in [2.75, 3.05) is 39.4 Å². The third-order valence-electron chi connectivity index (χ3n) is 5.59. The van der Waals surface area contributed by atoms with Crippen LogP contribution in [0, 0.1) is 12.8 Å². The summed E-state index contributed by atoms with van der Waals surface area (Å²) in [4.78, 5) is 17.3. The van der Waals surface area contributed by atoms with Gasteiger partial charge in [0.2, 0.25) is 5.91 Å². The van der Waals surface area contributed by atoms with Gasteiger partial charge < -0.3 is 14.1 Å². The van der Waals surface area contributed by atoms with Crippen LogP contribution in [-0.4, -0.2) is 61.1 Å². The SMILES string of the molecule is Cc1ccc2c(CC(=O)N3CC(C)C(N4CCOCC4)C3)coc2c1. The number of hydrogen-bond acceptors (Lipinski definition) is 4. The smallest absolute Gasteiger partial charge is 0.227 e. The summed E-state index contributed by atoms with van der Waals surface area (Å²) < 4.78 is 11.1. The van der Waals surface area contributed by atoms with Crippen molar-refractivity contribution in [3.63, 3.8) is 0 Å². The average molecular weight is 342 g/mol. The van der Waals surface area contributed by atoms with Crippen molar-refractivity contribution in [1.29, 1.82) is 0 Å². The normalized spacial score (nSPS) is 25.0. The molecule has 1 amide bonds. The van der Waals surface area contributed by atoms with Crippen molar-refractivity contribution in [3.8, 4) is 0 Å². The number of nitrogens with zero attached hydrogens (tertiary/aromatic N) is 2. The Bertz CT molecular complexity index is 763. The summed E-state index contributed by atoms with van der Waals surface area (Å²) in [5, 5.41) is 1.05. The predicted octanol–water partition coefficient (Wildman–Crippen LogP) is 2.46. The first-order chi connectivity index (χ1) is 12.1. The Hall–Kier alpha value is -1.85. The number of hydrogen-bond donors (Lipinski definition) is 0. The standard InChI is InChI=1S/C20H26N2O3/c1-14-3-4-17-16(13-25-19(17)9-14)10-20(23)22-11-15(2)18(12-22)21-5-7-24-8-6-21/h3-4,9,13,15,18H,5-8,10-12H2,1-2H3. The summed E-state index contributed by atoms with van der Waals surface area (Å²) in [5.74, 6) is 0.705. The minimum absolute atomic E-state index is 0.200. The van der Waals surface area contributed by atoms with E-state index >= 15 is 0 Å². The van der Waals surface area contributed by atoms with E-state index in [1.54, 1.807) is 6.26 Å². The molecule has 2 fully saturated rings. The molecule has 4 rings (SSSR count). The summed E-state index contributed by atoms with van der Waals surface area (Å²) in [7, 11) is 0. The molecule has 3 heterocycles. The van der Waals surface area contributed by atoms with Gasteiger partial charge in [-0.05, 0) is 24.5 Å². The van der Waals surface area contributed by atoms with Gasteiger partial charge in [-0.15, -0.1) is 0 Å². The van der Waals surface area contributed by atoms with Gasteiger partial charge in [-0.25, -0.2) is 0 Å². The number of aryl methyl sites for hydroxylation is 1. The van der Waals surface area contributed by atoms with E-state index in [9.17, 15) is 4.79 Å². The lowest BCUT2D eigenvalue weighted by Crippen LogP contribution is -2.47. The topological polar surface area (TPSA) is 45.9 Å². The highest BCUT2D eigenvalue weighted by atomic mass is 16.5. The summed E-state index contributed by atoms with van der Waals surface area (Å²) in [6.07, 6.45) is 2.15. The second kappa shape index (κ2) is 6.81. The summed E-state index contributed by atoms with van der Waals surface area (Å²) in [5.41, 5.74) is 3.02. The number of benzene rings is 1. The van der Waals surface area contributed by atoms with E-state index in [-0.39, 0.29) is 5.91 Å². The number of carbonyl (C=O) groups is 1. The van der Waals surface area contributed by atoms with E-state index in [0.717, 1.165) is 55.9 Å². The predicted molar refractivity (Wildman–Crippen MR) is 96.6 cm³/mol. The van der Waals surface area contributed by atoms with Crippen LogP contribution < -0.4 is 0 Å². The van der Waals surface area contributed by atoms with Crippen molar-refractivity contribution in [2.24, 2.45) is 5.92 Å². The van der Waals surface area contributed by atoms with Crippen LogP contribution in [0.25, 0.3) is 11.0 Å². The molecule has 134 valence electrons. The maximum Gasteiger partial charge on any atom is 0.227 e. The van der Waals surface area contributed by atoms with Gasteiger partial charge in [0.15, 0.2) is 0 Å². The summed E-state index contributed by atoms with van der Waals surface area (Å²) in [6.45, 7) is 9.53. The van der Waals surface area contributed by atoms with E-state index < -0.39 is 0 Å². The number of furan rings is 1. The summed E-state index contributed by atoms with van der Waals surface area (Å²) >= 11 is 0. The molecule has 0 aliphatic carbocycles. The Balaban J connectivity index is 1.44. The van der Waals surface area contributed by atoms with Gasteiger partial charge in [0.05, 0.1) is 25.9 Å². The lowest BCUT2D eigenvalue weighted by molar-refractivity contribution is -0.129. The highest BCUT2D eigenvalue weighted by Crippen LogP contribution is 2.26. The molecule has 2 aliphatic heterocycles. The number of rotatable bonds is 3. The maximum atomic E-state index is 12.8. The van der Waals surface area contributed by atoms with Gasteiger partial charge in [-0.2, -0.15) is 0 Å². The first kappa shape index (κ1) is 16.6. The number of carbonyl (C=O) groups excluding carboxylic acids is 1. The van der Waals surface area contributed by atoms with Crippen molar-refractivity contribution in [2.45, 2.75) is 26.3 Å². The van der Waals surface area contributed by atoms with Crippen molar-refractivity contribution >= 4 is 16.9 Å². The van der Waals surface area contributed by atoms with Crippen molar-refractivity contribution in [1.82, 2.24) is 9.80 Å². The first-order valence-corrected chi connectivity index (χ1v) is 9.18. The zero-order chi connectivity index (χ0) is 17.4. The van der Waals surface area contributed by atoms with Gasteiger partial charge in [-0.3, -0.25) is 9.69 Å². The highest BCUT2D eigenvalue weighted by molar-refractivity contribution is 5.88. The summed E-state index contributed by atoms with van der Waals surface area (Å²) in [6, 6.07) is 6.60. The molecule has 0 spiro atoms. The second-order valence-electron chi connectivity index (χ2n) is 7.43. The molecule has 25 heavy (non-hydrogen) atoms. The van der Waals surface area contributed by atoms with E-state index in [4.69, 9.17) is 9.15 Å². The average Bonchev–Trinajstić information content (AvgIpc) is 3.19. The van der Waals surface area contributed by atoms with Gasteiger partial charge in [0.25, 0.3) is 0 Å². The van der Waals surface area contributed by atoms with Crippen LogP contribution in [0.3, 0.4) is 0 Å². The monoisotopic (exact) mass is 342 g/mol. The van der Waals surface area contributed by atoms with Crippen LogP contribution in [0.2, 0.25) is 0 Å². The number of amides is 1. The Morgan fingerprint density at radius 2 is 2.04 bits per heavy atom. The van der Waals surface area contributed by atoms with Crippen molar-refractivity contribution in [3.05, 3.63) is 35.6 Å². The fourth-order valence-corrected chi connectivity index (χ4v) is 4.14. The van der Waals surface area contributed by atoms with Crippen LogP contribution in [-0.2, 0) is 16.0 Å². The third-order valence-corrected chi connectivity index (χ3v) is 5.59. The highest BCUT2D eigenvalue weighted by Gasteiger charge is 2.36. The molecule has 2 aliphatic rings. The van der Waals surface area contributed by atoms with Gasteiger partial charge in [-0.1, -0.05) is 19.1 Å². The van der Waals surface area contributed by atoms with Crippen LogP contribution in [0.15, 0.2) is 28.9 Å². The fourth-order valence-electron chi connectivity index (χ4n) is 4.14. The number of fused-ring (bicyclic) bond motifs is 1. The molecule has 2 atom stereocenters. The van der Waals surface area contributed by atoms with Crippen LogP contribution in [0.1, 0.15) is 18.1 Å². The zero-order valence-electron chi connectivity index (χ0n) is 15.0. The number of likely N-dealkylation sites (tertiary alicyclic amines) is 1. The largest absolute Gasteiger partial charge is 0.464 e.